The van der Waals surface area contributed by atoms with Gasteiger partial charge in [0.25, 0.3) is 0 Å². The van der Waals surface area contributed by atoms with Gasteiger partial charge in [0.2, 0.25) is 5.91 Å². The fourth-order valence-corrected chi connectivity index (χ4v) is 4.70. The molecule has 1 N–H and O–H groups in total. The molecule has 3 heteroatoms. The highest BCUT2D eigenvalue weighted by molar-refractivity contribution is 9.10. The van der Waals surface area contributed by atoms with Crippen LogP contribution < -0.4 is 5.32 Å². The molecule has 3 aliphatic carbocycles. The van der Waals surface area contributed by atoms with Crippen molar-refractivity contribution in [1.82, 2.24) is 0 Å². The van der Waals surface area contributed by atoms with Crippen molar-refractivity contribution in [2.24, 2.45) is 29.6 Å². The molecule has 0 aliphatic heterocycles. The largest absolute Gasteiger partial charge is 0.326 e. The predicted octanol–water partition coefficient (Wildman–Crippen LogP) is 3.68. The van der Waals surface area contributed by atoms with Crippen molar-refractivity contribution in [3.8, 4) is 0 Å². The lowest BCUT2D eigenvalue weighted by Crippen LogP contribution is -2.18. The van der Waals surface area contributed by atoms with Crippen LogP contribution in [-0.4, -0.2) is 5.91 Å². The van der Waals surface area contributed by atoms with Crippen molar-refractivity contribution in [1.29, 1.82) is 0 Å². The first-order chi connectivity index (χ1) is 8.74. The molecule has 1 unspecified atom stereocenters. The van der Waals surface area contributed by atoms with Gasteiger partial charge in [-0.25, -0.2) is 0 Å². The lowest BCUT2D eigenvalue weighted by molar-refractivity contribution is -0.118. The van der Waals surface area contributed by atoms with Crippen LogP contribution in [0, 0.1) is 29.6 Å². The highest BCUT2D eigenvalue weighted by atomic mass is 79.9. The van der Waals surface area contributed by atoms with Crippen LogP contribution in [0.4, 0.5) is 5.69 Å². The number of carbonyl (C=O) groups is 1. The van der Waals surface area contributed by atoms with Crippen LogP contribution in [0.2, 0.25) is 0 Å². The maximum Gasteiger partial charge on any atom is 0.228 e. The van der Waals surface area contributed by atoms with Gasteiger partial charge in [0.1, 0.15) is 0 Å². The van der Waals surface area contributed by atoms with Gasteiger partial charge in [-0.2, -0.15) is 0 Å². The van der Waals surface area contributed by atoms with E-state index in [1.54, 1.807) is 0 Å². The molecule has 0 heterocycles. The second-order valence-electron chi connectivity index (χ2n) is 6.01. The number of nitrogens with one attached hydrogen (secondary N) is 1. The van der Waals surface area contributed by atoms with Crippen molar-refractivity contribution in [2.45, 2.75) is 19.3 Å². The summed E-state index contributed by atoms with van der Waals surface area (Å²) in [7, 11) is 0. The molecule has 3 fully saturated rings. The van der Waals surface area contributed by atoms with E-state index in [2.05, 4.69) is 21.2 Å². The Bertz CT molecular complexity index is 482. The van der Waals surface area contributed by atoms with E-state index >= 15 is 0 Å². The number of hydrogen-bond acceptors (Lipinski definition) is 1. The Morgan fingerprint density at radius 1 is 1.11 bits per heavy atom. The molecule has 1 aromatic rings. The first-order valence-electron chi connectivity index (χ1n) is 6.80. The molecule has 2 bridgehead atoms. The molecule has 1 aromatic carbocycles. The quantitative estimate of drug-likeness (QED) is 0.887. The van der Waals surface area contributed by atoms with Gasteiger partial charge in [0, 0.05) is 16.1 Å². The number of anilines is 1. The van der Waals surface area contributed by atoms with Crippen LogP contribution in [0.25, 0.3) is 0 Å². The van der Waals surface area contributed by atoms with Gasteiger partial charge in [0.05, 0.1) is 0 Å². The van der Waals surface area contributed by atoms with Gasteiger partial charge in [-0.05, 0) is 67.2 Å². The summed E-state index contributed by atoms with van der Waals surface area (Å²) in [5.41, 5.74) is 0.917. The van der Waals surface area contributed by atoms with E-state index in [1.165, 1.54) is 19.3 Å². The SMILES string of the molecule is O=C(Nc1ccc(Br)cc1)C1[C@@H]2[C@H]3CC[C@H](C3)[C@H]12. The first-order valence-corrected chi connectivity index (χ1v) is 7.60. The summed E-state index contributed by atoms with van der Waals surface area (Å²) in [5, 5.41) is 3.07. The van der Waals surface area contributed by atoms with Crippen LogP contribution in [0.5, 0.6) is 0 Å². The zero-order chi connectivity index (χ0) is 12.3. The highest BCUT2D eigenvalue weighted by Gasteiger charge is 2.67. The highest BCUT2D eigenvalue weighted by Crippen LogP contribution is 2.69. The minimum Gasteiger partial charge on any atom is -0.326 e. The van der Waals surface area contributed by atoms with E-state index in [1.807, 2.05) is 24.3 Å². The van der Waals surface area contributed by atoms with Gasteiger partial charge in [-0.1, -0.05) is 15.9 Å². The molecule has 0 spiro atoms. The van der Waals surface area contributed by atoms with Crippen LogP contribution in [-0.2, 0) is 4.79 Å². The maximum atomic E-state index is 12.3. The van der Waals surface area contributed by atoms with Gasteiger partial charge in [0.15, 0.2) is 0 Å². The molecule has 0 radical (unpaired) electrons. The van der Waals surface area contributed by atoms with Crippen LogP contribution >= 0.6 is 15.9 Å². The van der Waals surface area contributed by atoms with Crippen LogP contribution in [0.1, 0.15) is 19.3 Å². The summed E-state index contributed by atoms with van der Waals surface area (Å²) in [6, 6.07) is 7.84. The number of carbonyl (C=O) groups excluding carboxylic acids is 1. The van der Waals surface area contributed by atoms with Crippen molar-refractivity contribution in [3.63, 3.8) is 0 Å². The second-order valence-corrected chi connectivity index (χ2v) is 6.93. The Hall–Kier alpha value is -0.830. The topological polar surface area (TPSA) is 29.1 Å². The summed E-state index contributed by atoms with van der Waals surface area (Å²) in [5.74, 6) is 3.74. The maximum absolute atomic E-state index is 12.3. The number of rotatable bonds is 2. The third-order valence-electron chi connectivity index (χ3n) is 5.15. The van der Waals surface area contributed by atoms with Crippen molar-refractivity contribution in [3.05, 3.63) is 28.7 Å². The van der Waals surface area contributed by atoms with E-state index in [9.17, 15) is 4.79 Å². The molecule has 18 heavy (non-hydrogen) atoms. The third kappa shape index (κ3) is 1.56. The van der Waals surface area contributed by atoms with Crippen molar-refractivity contribution >= 4 is 27.5 Å². The van der Waals surface area contributed by atoms with Crippen LogP contribution in [0.3, 0.4) is 0 Å². The Morgan fingerprint density at radius 2 is 1.72 bits per heavy atom. The molecule has 2 nitrogen and oxygen atoms in total. The Balaban J connectivity index is 1.45. The van der Waals surface area contributed by atoms with Gasteiger partial charge >= 0.3 is 0 Å². The summed E-state index contributed by atoms with van der Waals surface area (Å²) in [6.45, 7) is 0. The standard InChI is InChI=1S/C15H16BrNO/c16-10-3-5-11(6-4-10)17-15(18)14-12-8-1-2-9(7-8)13(12)14/h3-6,8-9,12-14H,1-2,7H2,(H,17,18)/t8-,9+,12+,13-,14?. The van der Waals surface area contributed by atoms with E-state index in [-0.39, 0.29) is 5.91 Å². The zero-order valence-electron chi connectivity index (χ0n) is 10.1. The molecule has 5 atom stereocenters. The number of amides is 1. The Morgan fingerprint density at radius 3 is 2.33 bits per heavy atom. The van der Waals surface area contributed by atoms with E-state index in [0.717, 1.165) is 33.8 Å². The second kappa shape index (κ2) is 3.83. The lowest BCUT2D eigenvalue weighted by Gasteiger charge is -2.09. The molecule has 3 aliphatic rings. The smallest absolute Gasteiger partial charge is 0.228 e. The normalized spacial score (nSPS) is 39.5. The molecule has 4 rings (SSSR count). The number of halogens is 1. The average molecular weight is 306 g/mol. The van der Waals surface area contributed by atoms with Gasteiger partial charge in [-0.3, -0.25) is 4.79 Å². The van der Waals surface area contributed by atoms with Gasteiger partial charge < -0.3 is 5.32 Å². The van der Waals surface area contributed by atoms with E-state index < -0.39 is 0 Å². The minimum atomic E-state index is 0.254. The Kier molecular flexibility index (Phi) is 2.35. The van der Waals surface area contributed by atoms with E-state index in [0.29, 0.717) is 5.92 Å². The fraction of sp³-hybridized carbons (Fsp3) is 0.533. The van der Waals surface area contributed by atoms with Crippen LogP contribution in [0.15, 0.2) is 28.7 Å². The molecular weight excluding hydrogens is 290 g/mol. The Labute approximate surface area is 115 Å². The van der Waals surface area contributed by atoms with E-state index in [4.69, 9.17) is 0 Å². The fourth-order valence-electron chi connectivity index (χ4n) is 4.43. The predicted molar refractivity (Wildman–Crippen MR) is 74.1 cm³/mol. The summed E-state index contributed by atoms with van der Waals surface area (Å²) in [4.78, 5) is 12.3. The molecular formula is C15H16BrNO. The summed E-state index contributed by atoms with van der Waals surface area (Å²) < 4.78 is 1.04. The first kappa shape index (κ1) is 11.0. The summed E-state index contributed by atoms with van der Waals surface area (Å²) in [6.07, 6.45) is 4.14. The monoisotopic (exact) mass is 305 g/mol. The summed E-state index contributed by atoms with van der Waals surface area (Å²) >= 11 is 3.40. The molecule has 1 amide bonds. The lowest BCUT2D eigenvalue weighted by atomic mass is 10.0. The van der Waals surface area contributed by atoms with Gasteiger partial charge in [-0.15, -0.1) is 0 Å². The molecule has 94 valence electrons. The average Bonchev–Trinajstić information content (AvgIpc) is 2.82. The molecule has 0 saturated heterocycles. The minimum absolute atomic E-state index is 0.254. The zero-order valence-corrected chi connectivity index (χ0v) is 11.7. The van der Waals surface area contributed by atoms with Crippen molar-refractivity contribution < 1.29 is 4.79 Å². The third-order valence-corrected chi connectivity index (χ3v) is 5.68. The molecule has 0 aromatic heterocycles. The number of hydrogen-bond donors (Lipinski definition) is 1. The number of fused-ring (bicyclic) bond motifs is 5. The number of benzene rings is 1. The van der Waals surface area contributed by atoms with Crippen molar-refractivity contribution in [2.75, 3.05) is 5.32 Å². The molecule has 3 saturated carbocycles.